The molecule has 4 nitrogen and oxygen atoms in total. The lowest BCUT2D eigenvalue weighted by Crippen LogP contribution is -2.53. The molecule has 0 aromatic rings. The molecule has 0 unspecified atom stereocenters. The van der Waals surface area contributed by atoms with E-state index < -0.39 is 0 Å². The first-order valence-electron chi connectivity index (χ1n) is 9.38. The minimum Gasteiger partial charge on any atom is -0.374 e. The second-order valence-corrected chi connectivity index (χ2v) is 9.07. The van der Waals surface area contributed by atoms with Gasteiger partial charge >= 0.3 is 0 Å². The predicted molar refractivity (Wildman–Crippen MR) is 87.3 cm³/mol. The molecule has 3 saturated carbocycles. The van der Waals surface area contributed by atoms with Crippen LogP contribution in [0.25, 0.3) is 0 Å². The Morgan fingerprint density at radius 3 is 2.62 bits per heavy atom. The molecule has 0 spiro atoms. The number of Topliss-reactive ketones (excluding diaryl/α,β-unsaturated/α-hetero) is 1. The monoisotopic (exact) mass is 330 g/mol. The Morgan fingerprint density at radius 1 is 1.12 bits per heavy atom. The molecular weight excluding hydrogens is 304 g/mol. The number of allylic oxidation sites excluding steroid dienone is 1. The second kappa shape index (κ2) is 4.59. The van der Waals surface area contributed by atoms with E-state index in [4.69, 9.17) is 9.47 Å². The van der Waals surface area contributed by atoms with Gasteiger partial charge in [0.05, 0.1) is 6.10 Å². The van der Waals surface area contributed by atoms with Crippen LogP contribution in [0.2, 0.25) is 0 Å². The van der Waals surface area contributed by atoms with Crippen LogP contribution in [0.5, 0.6) is 0 Å². The summed E-state index contributed by atoms with van der Waals surface area (Å²) in [6, 6.07) is 0. The first-order chi connectivity index (χ1) is 11.4. The molecule has 24 heavy (non-hydrogen) atoms. The van der Waals surface area contributed by atoms with Gasteiger partial charge in [0.2, 0.25) is 0 Å². The molecule has 0 N–H and O–H groups in total. The zero-order valence-corrected chi connectivity index (χ0v) is 14.7. The molecule has 5 aliphatic rings. The number of carbonyl (C=O) groups excluding carboxylic acids is 2. The van der Waals surface area contributed by atoms with E-state index in [0.717, 1.165) is 25.7 Å². The first kappa shape index (κ1) is 15.3. The molecule has 130 valence electrons. The van der Waals surface area contributed by atoms with E-state index in [2.05, 4.69) is 13.8 Å². The van der Waals surface area contributed by atoms with Crippen LogP contribution in [0.3, 0.4) is 0 Å². The molecule has 5 rings (SSSR count). The molecule has 0 radical (unpaired) electrons. The van der Waals surface area contributed by atoms with Crippen molar-refractivity contribution in [2.45, 2.75) is 64.3 Å². The van der Waals surface area contributed by atoms with E-state index in [-0.39, 0.29) is 46.4 Å². The molecule has 1 aliphatic heterocycles. The van der Waals surface area contributed by atoms with E-state index in [9.17, 15) is 9.59 Å². The van der Waals surface area contributed by atoms with Gasteiger partial charge in [-0.1, -0.05) is 13.8 Å². The largest absolute Gasteiger partial charge is 0.374 e. The molecule has 0 aromatic heterocycles. The topological polar surface area (TPSA) is 55.9 Å². The van der Waals surface area contributed by atoms with Gasteiger partial charge in [-0.3, -0.25) is 9.59 Å². The summed E-state index contributed by atoms with van der Waals surface area (Å²) in [4.78, 5) is 25.9. The summed E-state index contributed by atoms with van der Waals surface area (Å²) in [5, 5.41) is 0. The first-order valence-corrected chi connectivity index (χ1v) is 9.38. The van der Waals surface area contributed by atoms with Crippen LogP contribution in [0.15, 0.2) is 11.6 Å². The molecule has 1 heterocycles. The summed E-state index contributed by atoms with van der Waals surface area (Å²) in [5.41, 5.74) is 0.944. The van der Waals surface area contributed by atoms with Crippen molar-refractivity contribution in [3.63, 3.8) is 0 Å². The Kier molecular flexibility index (Phi) is 2.92. The number of fused-ring (bicyclic) bond motifs is 7. The highest BCUT2D eigenvalue weighted by atomic mass is 16.6. The maximum atomic E-state index is 13.1. The average Bonchev–Trinajstić information content (AvgIpc) is 3.29. The van der Waals surface area contributed by atoms with Crippen molar-refractivity contribution < 1.29 is 19.1 Å². The molecule has 0 bridgehead atoms. The van der Waals surface area contributed by atoms with Gasteiger partial charge in [-0.2, -0.15) is 0 Å². The third kappa shape index (κ3) is 1.67. The van der Waals surface area contributed by atoms with Crippen molar-refractivity contribution >= 4 is 11.6 Å². The van der Waals surface area contributed by atoms with Crippen LogP contribution in [0.1, 0.15) is 46.0 Å². The number of ether oxygens (including phenoxy) is 2. The third-order valence-electron chi connectivity index (χ3n) is 8.21. The van der Waals surface area contributed by atoms with E-state index in [0.29, 0.717) is 18.4 Å². The summed E-state index contributed by atoms with van der Waals surface area (Å²) < 4.78 is 11.3. The lowest BCUT2D eigenvalue weighted by atomic mass is 9.48. The van der Waals surface area contributed by atoms with Gasteiger partial charge in [0.25, 0.3) is 0 Å². The van der Waals surface area contributed by atoms with Crippen LogP contribution in [-0.2, 0) is 19.1 Å². The highest BCUT2D eigenvalue weighted by Crippen LogP contribution is 2.65. The number of carbonyl (C=O) groups is 2. The van der Waals surface area contributed by atoms with Crippen LogP contribution in [-0.4, -0.2) is 37.0 Å². The Labute approximate surface area is 143 Å². The predicted octanol–water partition coefficient (Wildman–Crippen LogP) is 2.70. The highest BCUT2D eigenvalue weighted by Gasteiger charge is 2.65. The van der Waals surface area contributed by atoms with Gasteiger partial charge < -0.3 is 9.47 Å². The highest BCUT2D eigenvalue weighted by molar-refractivity contribution is 5.98. The van der Waals surface area contributed by atoms with Gasteiger partial charge in [0.15, 0.2) is 11.6 Å². The third-order valence-corrected chi connectivity index (χ3v) is 8.21. The molecule has 8 atom stereocenters. The molecule has 4 heteroatoms. The smallest absolute Gasteiger partial charge is 0.167 e. The number of rotatable bonds is 1. The fourth-order valence-electron chi connectivity index (χ4n) is 6.67. The minimum atomic E-state index is -0.382. The average molecular weight is 330 g/mol. The van der Waals surface area contributed by atoms with Crippen LogP contribution >= 0.6 is 0 Å². The summed E-state index contributed by atoms with van der Waals surface area (Å²) in [6.07, 6.45) is 6.91. The van der Waals surface area contributed by atoms with Crippen molar-refractivity contribution in [2.24, 2.45) is 28.6 Å². The van der Waals surface area contributed by atoms with Gasteiger partial charge in [-0.15, -0.1) is 0 Å². The van der Waals surface area contributed by atoms with E-state index in [1.807, 2.05) is 6.08 Å². The molecular formula is C20H26O4. The Balaban J connectivity index is 1.58. The Morgan fingerprint density at radius 2 is 1.88 bits per heavy atom. The zero-order valence-electron chi connectivity index (χ0n) is 14.7. The zero-order chi connectivity index (χ0) is 16.9. The quantitative estimate of drug-likeness (QED) is 0.694. The number of hydrogen-bond acceptors (Lipinski definition) is 4. The molecule has 0 aromatic carbocycles. The Bertz CT molecular complexity index is 667. The summed E-state index contributed by atoms with van der Waals surface area (Å²) in [5.74, 6) is 0.932. The van der Waals surface area contributed by atoms with Crippen molar-refractivity contribution in [1.29, 1.82) is 0 Å². The van der Waals surface area contributed by atoms with Gasteiger partial charge in [-0.05, 0) is 61.0 Å². The van der Waals surface area contributed by atoms with Gasteiger partial charge in [0.1, 0.15) is 12.2 Å². The number of hydrogen-bond donors (Lipinski definition) is 0. The van der Waals surface area contributed by atoms with Gasteiger partial charge in [-0.25, -0.2) is 0 Å². The van der Waals surface area contributed by atoms with E-state index >= 15 is 0 Å². The van der Waals surface area contributed by atoms with Crippen molar-refractivity contribution in [3.8, 4) is 0 Å². The summed E-state index contributed by atoms with van der Waals surface area (Å²) >= 11 is 0. The second-order valence-electron chi connectivity index (χ2n) is 9.07. The van der Waals surface area contributed by atoms with Crippen LogP contribution in [0, 0.1) is 28.6 Å². The SMILES string of the molecule is CO[C@@H]1C[C@H]2[C@@H]3C(=O)C=C4[C@@H]5O[C@@H]5CC[C@]4(C)[C@H]3CC[C@]2(C)C1=O. The fourth-order valence-corrected chi connectivity index (χ4v) is 6.67. The molecule has 1 saturated heterocycles. The normalized spacial score (nSPS) is 55.2. The molecule has 4 fully saturated rings. The molecule has 4 aliphatic carbocycles. The fraction of sp³-hybridized carbons (Fsp3) is 0.800. The van der Waals surface area contributed by atoms with Crippen LogP contribution in [0.4, 0.5) is 0 Å². The lowest BCUT2D eigenvalue weighted by Gasteiger charge is -2.54. The van der Waals surface area contributed by atoms with Crippen LogP contribution < -0.4 is 0 Å². The van der Waals surface area contributed by atoms with Gasteiger partial charge in [0, 0.05) is 18.4 Å². The summed E-state index contributed by atoms with van der Waals surface area (Å²) in [6.45, 7) is 4.42. The lowest BCUT2D eigenvalue weighted by molar-refractivity contribution is -0.141. The van der Waals surface area contributed by atoms with Crippen molar-refractivity contribution in [3.05, 3.63) is 11.6 Å². The minimum absolute atomic E-state index is 0.0168. The van der Waals surface area contributed by atoms with E-state index in [1.165, 1.54) is 5.57 Å². The maximum Gasteiger partial charge on any atom is 0.167 e. The molecule has 0 amide bonds. The standard InChI is InChI=1S/C20H26O4/c1-19-7-5-14-17(24-14)12(19)8-13(21)16-10(19)4-6-20(2)11(16)9-15(23-3)18(20)22/h8,10-11,14-17H,4-7,9H2,1-3H3/t10-,11-,14+,15+,16+,17-,19+,20-/m0/s1. The van der Waals surface area contributed by atoms with Crippen molar-refractivity contribution in [2.75, 3.05) is 7.11 Å². The Hall–Kier alpha value is -1.00. The number of methoxy groups -OCH3 is 1. The van der Waals surface area contributed by atoms with Crippen molar-refractivity contribution in [1.82, 2.24) is 0 Å². The van der Waals surface area contributed by atoms with E-state index in [1.54, 1.807) is 7.11 Å². The summed E-state index contributed by atoms with van der Waals surface area (Å²) in [7, 11) is 1.62. The number of ketones is 2. The maximum absolute atomic E-state index is 13.1. The number of epoxide rings is 1.